The zero-order chi connectivity index (χ0) is 12.0. The first-order valence-corrected chi connectivity index (χ1v) is 7.06. The highest BCUT2D eigenvalue weighted by Gasteiger charge is 2.33. The molecule has 2 heteroatoms. The molecule has 0 bridgehead atoms. The third kappa shape index (κ3) is 4.06. The molecular formula is C14H29NO. The van der Waals surface area contributed by atoms with Gasteiger partial charge < -0.3 is 10.4 Å². The van der Waals surface area contributed by atoms with E-state index in [1.807, 2.05) is 6.92 Å². The van der Waals surface area contributed by atoms with Crippen molar-refractivity contribution in [2.24, 2.45) is 5.92 Å². The van der Waals surface area contributed by atoms with E-state index >= 15 is 0 Å². The first kappa shape index (κ1) is 14.0. The highest BCUT2D eigenvalue weighted by molar-refractivity contribution is 4.88. The van der Waals surface area contributed by atoms with Gasteiger partial charge in [-0.05, 0) is 38.5 Å². The SMILES string of the molecule is CCCC(CC)NCC(C)(O)C1CCCC1. The predicted molar refractivity (Wildman–Crippen MR) is 69.6 cm³/mol. The molecule has 0 aliphatic heterocycles. The second kappa shape index (κ2) is 6.61. The van der Waals surface area contributed by atoms with Crippen molar-refractivity contribution in [2.45, 2.75) is 77.4 Å². The van der Waals surface area contributed by atoms with Crippen LogP contribution in [0.2, 0.25) is 0 Å². The van der Waals surface area contributed by atoms with Crippen LogP contribution in [0.1, 0.15) is 65.7 Å². The molecule has 2 nitrogen and oxygen atoms in total. The molecule has 2 unspecified atom stereocenters. The lowest BCUT2D eigenvalue weighted by Gasteiger charge is -2.32. The van der Waals surface area contributed by atoms with Crippen LogP contribution in [-0.2, 0) is 0 Å². The molecule has 2 N–H and O–H groups in total. The van der Waals surface area contributed by atoms with E-state index in [1.54, 1.807) is 0 Å². The Morgan fingerprint density at radius 2 is 1.94 bits per heavy atom. The summed E-state index contributed by atoms with van der Waals surface area (Å²) in [5.74, 6) is 0.513. The van der Waals surface area contributed by atoms with Gasteiger partial charge in [0.2, 0.25) is 0 Å². The maximum absolute atomic E-state index is 10.5. The van der Waals surface area contributed by atoms with Crippen molar-refractivity contribution in [1.82, 2.24) is 5.32 Å². The van der Waals surface area contributed by atoms with Crippen molar-refractivity contribution >= 4 is 0 Å². The van der Waals surface area contributed by atoms with Crippen LogP contribution in [0.15, 0.2) is 0 Å². The lowest BCUT2D eigenvalue weighted by Crippen LogP contribution is -2.46. The maximum atomic E-state index is 10.5. The summed E-state index contributed by atoms with van der Waals surface area (Å²) >= 11 is 0. The molecule has 0 saturated heterocycles. The quantitative estimate of drug-likeness (QED) is 0.700. The lowest BCUT2D eigenvalue weighted by atomic mass is 9.87. The molecule has 1 rings (SSSR count). The Hall–Kier alpha value is -0.0800. The Bertz CT molecular complexity index is 185. The first-order chi connectivity index (χ1) is 7.60. The molecule has 0 radical (unpaired) electrons. The van der Waals surface area contributed by atoms with Crippen molar-refractivity contribution in [3.8, 4) is 0 Å². The predicted octanol–water partition coefficient (Wildman–Crippen LogP) is 3.10. The zero-order valence-corrected chi connectivity index (χ0v) is 11.3. The number of rotatable bonds is 7. The van der Waals surface area contributed by atoms with Gasteiger partial charge in [0, 0.05) is 12.6 Å². The topological polar surface area (TPSA) is 32.3 Å². The highest BCUT2D eigenvalue weighted by Crippen LogP contribution is 2.33. The summed E-state index contributed by atoms with van der Waals surface area (Å²) in [7, 11) is 0. The molecule has 96 valence electrons. The molecule has 16 heavy (non-hydrogen) atoms. The third-order valence-electron chi connectivity index (χ3n) is 4.11. The summed E-state index contributed by atoms with van der Waals surface area (Å²) in [5, 5.41) is 14.0. The Balaban J connectivity index is 2.33. The van der Waals surface area contributed by atoms with Crippen LogP contribution in [0.4, 0.5) is 0 Å². The van der Waals surface area contributed by atoms with Gasteiger partial charge >= 0.3 is 0 Å². The van der Waals surface area contributed by atoms with Gasteiger partial charge in [0.05, 0.1) is 5.60 Å². The lowest BCUT2D eigenvalue weighted by molar-refractivity contribution is -0.000180. The molecule has 0 heterocycles. The monoisotopic (exact) mass is 227 g/mol. The van der Waals surface area contributed by atoms with Gasteiger partial charge in [0.15, 0.2) is 0 Å². The molecule has 1 aliphatic rings. The van der Waals surface area contributed by atoms with E-state index < -0.39 is 5.60 Å². The van der Waals surface area contributed by atoms with Crippen LogP contribution >= 0.6 is 0 Å². The Morgan fingerprint density at radius 1 is 1.31 bits per heavy atom. The fraction of sp³-hybridized carbons (Fsp3) is 1.00. The summed E-state index contributed by atoms with van der Waals surface area (Å²) in [6.45, 7) is 7.21. The summed E-state index contributed by atoms with van der Waals surface area (Å²) in [5.41, 5.74) is -0.502. The number of aliphatic hydroxyl groups is 1. The standard InChI is InChI=1S/C14H29NO/c1-4-8-13(5-2)15-11-14(3,16)12-9-6-7-10-12/h12-13,15-16H,4-11H2,1-3H3. The minimum atomic E-state index is -0.502. The van der Waals surface area contributed by atoms with Crippen molar-refractivity contribution in [3.63, 3.8) is 0 Å². The van der Waals surface area contributed by atoms with E-state index in [4.69, 9.17) is 0 Å². The molecule has 0 spiro atoms. The van der Waals surface area contributed by atoms with Crippen LogP contribution in [0, 0.1) is 5.92 Å². The molecule has 0 aromatic rings. The third-order valence-corrected chi connectivity index (χ3v) is 4.11. The minimum absolute atomic E-state index is 0.502. The average molecular weight is 227 g/mol. The number of hydrogen-bond acceptors (Lipinski definition) is 2. The van der Waals surface area contributed by atoms with Crippen molar-refractivity contribution in [2.75, 3.05) is 6.54 Å². The van der Waals surface area contributed by atoms with Gasteiger partial charge in [-0.3, -0.25) is 0 Å². The summed E-state index contributed by atoms with van der Waals surface area (Å²) < 4.78 is 0. The van der Waals surface area contributed by atoms with Crippen molar-refractivity contribution in [3.05, 3.63) is 0 Å². The van der Waals surface area contributed by atoms with Crippen LogP contribution in [-0.4, -0.2) is 23.3 Å². The van der Waals surface area contributed by atoms with Crippen molar-refractivity contribution < 1.29 is 5.11 Å². The fourth-order valence-electron chi connectivity index (χ4n) is 2.84. The Kier molecular flexibility index (Phi) is 5.77. The van der Waals surface area contributed by atoms with E-state index in [0.29, 0.717) is 12.0 Å². The van der Waals surface area contributed by atoms with Gasteiger partial charge in [-0.15, -0.1) is 0 Å². The van der Waals surface area contributed by atoms with Gasteiger partial charge in [-0.1, -0.05) is 33.1 Å². The number of hydrogen-bond donors (Lipinski definition) is 2. The van der Waals surface area contributed by atoms with Crippen LogP contribution in [0.5, 0.6) is 0 Å². The first-order valence-electron chi connectivity index (χ1n) is 7.06. The molecule has 0 amide bonds. The highest BCUT2D eigenvalue weighted by atomic mass is 16.3. The molecule has 1 fully saturated rings. The van der Waals surface area contributed by atoms with Gasteiger partial charge in [-0.2, -0.15) is 0 Å². The van der Waals surface area contributed by atoms with Crippen LogP contribution in [0.3, 0.4) is 0 Å². The van der Waals surface area contributed by atoms with E-state index in [1.165, 1.54) is 38.5 Å². The molecular weight excluding hydrogens is 198 g/mol. The molecule has 1 saturated carbocycles. The second-order valence-corrected chi connectivity index (χ2v) is 5.61. The largest absolute Gasteiger partial charge is 0.389 e. The smallest absolute Gasteiger partial charge is 0.0771 e. The zero-order valence-electron chi connectivity index (χ0n) is 11.3. The number of nitrogens with one attached hydrogen (secondary N) is 1. The maximum Gasteiger partial charge on any atom is 0.0771 e. The fourth-order valence-corrected chi connectivity index (χ4v) is 2.84. The molecule has 0 aromatic heterocycles. The van der Waals surface area contributed by atoms with Crippen LogP contribution < -0.4 is 5.32 Å². The minimum Gasteiger partial charge on any atom is -0.389 e. The Morgan fingerprint density at radius 3 is 2.44 bits per heavy atom. The summed E-state index contributed by atoms with van der Waals surface area (Å²) in [4.78, 5) is 0. The van der Waals surface area contributed by atoms with Crippen molar-refractivity contribution in [1.29, 1.82) is 0 Å². The second-order valence-electron chi connectivity index (χ2n) is 5.61. The normalized spacial score (nSPS) is 23.2. The average Bonchev–Trinajstić information content (AvgIpc) is 2.78. The van der Waals surface area contributed by atoms with Gasteiger partial charge in [-0.25, -0.2) is 0 Å². The van der Waals surface area contributed by atoms with E-state index in [-0.39, 0.29) is 0 Å². The summed E-state index contributed by atoms with van der Waals surface area (Å²) in [6, 6.07) is 0.581. The van der Waals surface area contributed by atoms with Gasteiger partial charge in [0.25, 0.3) is 0 Å². The molecule has 1 aliphatic carbocycles. The van der Waals surface area contributed by atoms with E-state index in [0.717, 1.165) is 13.0 Å². The Labute approximate surface area is 101 Å². The summed E-state index contributed by atoms with van der Waals surface area (Å²) in [6.07, 6.45) is 8.61. The molecule has 0 aromatic carbocycles. The van der Waals surface area contributed by atoms with Gasteiger partial charge in [0.1, 0.15) is 0 Å². The molecule has 2 atom stereocenters. The van der Waals surface area contributed by atoms with Crippen LogP contribution in [0.25, 0.3) is 0 Å². The van der Waals surface area contributed by atoms with E-state index in [2.05, 4.69) is 19.2 Å². The van der Waals surface area contributed by atoms with E-state index in [9.17, 15) is 5.11 Å².